The molecule has 5 rings (SSSR count). The number of primary amides is 1. The summed E-state index contributed by atoms with van der Waals surface area (Å²) in [4.78, 5) is 169. The van der Waals surface area contributed by atoms with Crippen LogP contribution in [0.25, 0.3) is 0 Å². The third-order valence-electron chi connectivity index (χ3n) is 17.3. The second-order valence-electron chi connectivity index (χ2n) is 26.1. The summed E-state index contributed by atoms with van der Waals surface area (Å²) in [6.07, 6.45) is 8.11. The van der Waals surface area contributed by atoms with Crippen molar-refractivity contribution in [1.29, 1.82) is 0 Å². The van der Waals surface area contributed by atoms with E-state index in [1.165, 1.54) is 11.8 Å². The molecule has 2 heterocycles. The standard InChI is InChI=1S/C71H106N18O12S2/c1-44(2)39-53(85-64(96)50(81-43-90)33-38-102-3)67(99)87-55(40-45-19-7-4-8-20-45)68(100)86-54(41-46-29-31-48(32-30-46)61(93)47-21-9-5-10-22-47)63(95)78-35-15-6-11-28-59(92)82-51(24-17-36-79-69(73)74)65(97)84-52(25-18-37-80-70(75)76)66(98)83-49(62(72)94)23-14-16-34-77-58(91)27-13-12-26-57-60-56(42-103-57)88-71(101)89-60/h4-5,7-10,19-22,29-32,43-44,49-57,60H,6,11-18,23-28,33-42H2,1-3H3,(H2,72,94)(H,77,91)(H,78,95)(H,81,90)(H,82,92)(H,83,98)(H,84,97)(H,85,96)(H,86,100)(H,87,99)(H4,73,74,79)(H4,75,76,80)(H2,88,89,101)/t49-,50-,51-,52-,53-,54-,55-,56-,57-,60-/m0/s1. The van der Waals surface area contributed by atoms with Gasteiger partial charge >= 0.3 is 6.03 Å². The molecule has 0 spiro atoms. The number of amides is 12. The number of aliphatic imine (C=N–C) groups is 2. The van der Waals surface area contributed by atoms with Crippen molar-refractivity contribution in [3.63, 3.8) is 0 Å². The van der Waals surface area contributed by atoms with E-state index in [0.717, 1.165) is 18.6 Å². The molecule has 3 aromatic carbocycles. The smallest absolute Gasteiger partial charge is 0.315 e. The first-order valence-electron chi connectivity index (χ1n) is 35.3. The lowest BCUT2D eigenvalue weighted by Gasteiger charge is -2.27. The summed E-state index contributed by atoms with van der Waals surface area (Å²) in [7, 11) is 0. The Hall–Kier alpha value is -9.46. The predicted octanol–water partition coefficient (Wildman–Crippen LogP) is 0.807. The van der Waals surface area contributed by atoms with E-state index >= 15 is 0 Å². The molecule has 12 amide bonds. The lowest BCUT2D eigenvalue weighted by molar-refractivity contribution is -0.134. The summed E-state index contributed by atoms with van der Waals surface area (Å²) in [5.41, 5.74) is 30.2. The highest BCUT2D eigenvalue weighted by Crippen LogP contribution is 2.33. The molecule has 2 fully saturated rings. The van der Waals surface area contributed by atoms with Gasteiger partial charge in [-0.25, -0.2) is 4.79 Å². The number of hydrogen-bond donors (Lipinski definition) is 16. The normalized spacial score (nSPS) is 16.3. The van der Waals surface area contributed by atoms with Gasteiger partial charge in [-0.1, -0.05) is 112 Å². The molecule has 0 aliphatic carbocycles. The second kappa shape index (κ2) is 46.2. The highest BCUT2D eigenvalue weighted by molar-refractivity contribution is 8.00. The molecule has 0 aromatic heterocycles. The van der Waals surface area contributed by atoms with Crippen LogP contribution in [0.5, 0.6) is 0 Å². The third kappa shape index (κ3) is 31.8. The average Bonchev–Trinajstić information content (AvgIpc) is 1.80. The van der Waals surface area contributed by atoms with Gasteiger partial charge in [-0.05, 0) is 113 Å². The van der Waals surface area contributed by atoms with E-state index in [1.807, 2.05) is 31.9 Å². The van der Waals surface area contributed by atoms with Crippen LogP contribution in [0.2, 0.25) is 0 Å². The molecular formula is C71H106N18O12S2. The first kappa shape index (κ1) is 84.2. The summed E-state index contributed by atoms with van der Waals surface area (Å²) in [6, 6.07) is 16.4. The Morgan fingerprint density at radius 3 is 1.65 bits per heavy atom. The Bertz CT molecular complexity index is 3310. The number of urea groups is 1. The lowest BCUT2D eigenvalue weighted by Crippen LogP contribution is -2.59. The van der Waals surface area contributed by atoms with E-state index in [4.69, 9.17) is 28.7 Å². The zero-order valence-electron chi connectivity index (χ0n) is 59.2. The van der Waals surface area contributed by atoms with Crippen LogP contribution in [0.3, 0.4) is 0 Å². The maximum Gasteiger partial charge on any atom is 0.315 e. The molecule has 0 radical (unpaired) electrons. The molecule has 3 aromatic rings. The van der Waals surface area contributed by atoms with Gasteiger partial charge in [-0.2, -0.15) is 23.5 Å². The van der Waals surface area contributed by atoms with E-state index in [0.29, 0.717) is 97.6 Å². The van der Waals surface area contributed by atoms with Crippen molar-refractivity contribution in [1.82, 2.24) is 58.5 Å². The van der Waals surface area contributed by atoms with Crippen molar-refractivity contribution in [2.45, 2.75) is 195 Å². The third-order valence-corrected chi connectivity index (χ3v) is 19.5. The van der Waals surface area contributed by atoms with Crippen molar-refractivity contribution in [2.75, 3.05) is 43.9 Å². The van der Waals surface area contributed by atoms with E-state index < -0.39 is 89.6 Å². The van der Waals surface area contributed by atoms with Crippen LogP contribution in [0.15, 0.2) is 94.9 Å². The topological polar surface area (TPSA) is 492 Å². The van der Waals surface area contributed by atoms with Crippen molar-refractivity contribution >= 4 is 107 Å². The molecule has 103 heavy (non-hydrogen) atoms. The average molecular weight is 1470 g/mol. The fourth-order valence-corrected chi connectivity index (χ4v) is 13.8. The highest BCUT2D eigenvalue weighted by Gasteiger charge is 2.43. The molecule has 2 saturated heterocycles. The van der Waals surface area contributed by atoms with Crippen LogP contribution in [-0.4, -0.2) is 187 Å². The molecule has 10 atom stereocenters. The van der Waals surface area contributed by atoms with Gasteiger partial charge in [-0.15, -0.1) is 0 Å². The number of nitrogens with two attached hydrogens (primary N) is 5. The van der Waals surface area contributed by atoms with E-state index in [9.17, 15) is 57.5 Å². The molecule has 2 aliphatic rings. The molecule has 564 valence electrons. The van der Waals surface area contributed by atoms with Gasteiger partial charge in [0.1, 0.15) is 42.3 Å². The fraction of sp³-hybridized carbons (Fsp3) is 0.549. The molecule has 21 N–H and O–H groups in total. The number of nitrogens with one attached hydrogen (secondary N) is 11. The summed E-state index contributed by atoms with van der Waals surface area (Å²) < 4.78 is 0. The number of guanidine groups is 2. The predicted molar refractivity (Wildman–Crippen MR) is 399 cm³/mol. The molecular weight excluding hydrogens is 1360 g/mol. The minimum Gasteiger partial charge on any atom is -0.370 e. The van der Waals surface area contributed by atoms with Crippen LogP contribution in [0.1, 0.15) is 150 Å². The van der Waals surface area contributed by atoms with Crippen molar-refractivity contribution in [2.24, 2.45) is 44.6 Å². The summed E-state index contributed by atoms with van der Waals surface area (Å²) >= 11 is 3.31. The Labute approximate surface area is 611 Å². The van der Waals surface area contributed by atoms with E-state index in [-0.39, 0.29) is 125 Å². The monoisotopic (exact) mass is 1470 g/mol. The minimum atomic E-state index is -1.25. The number of unbranched alkanes of at least 4 members (excludes halogenated alkanes) is 4. The molecule has 2 aliphatic heterocycles. The van der Waals surface area contributed by atoms with Crippen molar-refractivity contribution in [3.05, 3.63) is 107 Å². The van der Waals surface area contributed by atoms with Crippen molar-refractivity contribution < 1.29 is 57.5 Å². The number of benzene rings is 3. The molecule has 32 heteroatoms. The Kier molecular flexibility index (Phi) is 37.8. The zero-order chi connectivity index (χ0) is 75.1. The van der Waals surface area contributed by atoms with Crippen LogP contribution in [-0.2, 0) is 60.8 Å². The first-order chi connectivity index (χ1) is 49.4. The molecule has 0 saturated carbocycles. The highest BCUT2D eigenvalue weighted by atomic mass is 32.2. The summed E-state index contributed by atoms with van der Waals surface area (Å²) in [5, 5.41) is 31.2. The van der Waals surface area contributed by atoms with Gasteiger partial charge in [-0.3, -0.25) is 62.7 Å². The summed E-state index contributed by atoms with van der Waals surface area (Å²) in [6.45, 7) is 4.40. The number of hydrogen-bond acceptors (Lipinski definition) is 16. The van der Waals surface area contributed by atoms with Crippen LogP contribution < -0.4 is 87.2 Å². The quantitative estimate of drug-likeness (QED) is 0.00928. The van der Waals surface area contributed by atoms with Gasteiger partial charge in [0.25, 0.3) is 0 Å². The van der Waals surface area contributed by atoms with E-state index in [1.54, 1.807) is 84.9 Å². The van der Waals surface area contributed by atoms with Crippen LogP contribution >= 0.6 is 23.5 Å². The van der Waals surface area contributed by atoms with Gasteiger partial charge < -0.3 is 87.2 Å². The number of fused-ring (bicyclic) bond motifs is 1. The summed E-state index contributed by atoms with van der Waals surface area (Å²) in [5.74, 6) is -4.58. The molecule has 0 bridgehead atoms. The number of ketones is 1. The van der Waals surface area contributed by atoms with E-state index in [2.05, 4.69) is 68.5 Å². The van der Waals surface area contributed by atoms with Gasteiger partial charge in [0.15, 0.2) is 17.7 Å². The van der Waals surface area contributed by atoms with Crippen LogP contribution in [0, 0.1) is 5.92 Å². The number of carbonyl (C=O) groups is 12. The maximum atomic E-state index is 14.7. The van der Waals surface area contributed by atoms with Gasteiger partial charge in [0.05, 0.1) is 12.1 Å². The Balaban J connectivity index is 1.21. The number of carbonyl (C=O) groups excluding carboxylic acids is 12. The maximum absolute atomic E-state index is 14.7. The molecule has 0 unspecified atom stereocenters. The Morgan fingerprint density at radius 1 is 0.534 bits per heavy atom. The van der Waals surface area contributed by atoms with Gasteiger partial charge in [0, 0.05) is 74.0 Å². The minimum absolute atomic E-state index is 0.00290. The first-order valence-corrected chi connectivity index (χ1v) is 37.7. The van der Waals surface area contributed by atoms with Gasteiger partial charge in [0.2, 0.25) is 59.6 Å². The molecule has 30 nitrogen and oxygen atoms in total. The van der Waals surface area contributed by atoms with Crippen molar-refractivity contribution in [3.8, 4) is 0 Å². The lowest BCUT2D eigenvalue weighted by atomic mass is 9.98. The number of rotatable bonds is 50. The fourth-order valence-electron chi connectivity index (χ4n) is 11.8. The zero-order valence-corrected chi connectivity index (χ0v) is 60.8. The van der Waals surface area contributed by atoms with Crippen LogP contribution in [0.4, 0.5) is 4.79 Å². The second-order valence-corrected chi connectivity index (χ2v) is 28.3. The largest absolute Gasteiger partial charge is 0.370 e. The Morgan fingerprint density at radius 2 is 1.04 bits per heavy atom. The SMILES string of the molecule is CSCC[C@H](NC=O)C(=O)N[C@@H](CC(C)C)C(=O)N[C@@H](Cc1ccccc1)C(=O)N[C@@H](Cc1ccc(C(=O)c2ccccc2)cc1)C(=O)NCCCCCC(=O)N[C@@H](CCCN=C(N)N)C(=O)N[C@@H](CCCN=C(N)N)C(=O)N[C@@H](CCCCNC(=O)CCCC[C@@H]1SC[C@@H]2NC(=O)N[C@@H]21)C(N)=O. The number of thioether (sulfide) groups is 2. The number of nitrogens with zero attached hydrogens (tertiary/aromatic N) is 2.